The predicted octanol–water partition coefficient (Wildman–Crippen LogP) is 7.57. The van der Waals surface area contributed by atoms with E-state index in [-0.39, 0.29) is 0 Å². The lowest BCUT2D eigenvalue weighted by Crippen LogP contribution is -2.06. The fraction of sp³-hybridized carbons (Fsp3) is 0.0938. The van der Waals surface area contributed by atoms with Gasteiger partial charge >= 0.3 is 0 Å². The number of anilines is 1. The minimum absolute atomic E-state index is 0.601. The lowest BCUT2D eigenvalue weighted by atomic mass is 9.90. The van der Waals surface area contributed by atoms with Crippen LogP contribution in [0, 0.1) is 0 Å². The SMILES string of the molecule is COc1ccccc1/C=C(\CNc1ccccc1)c1cnc2ccccc2c1-c1ccccc1OC. The number of hydrogen-bond donors (Lipinski definition) is 1. The first-order chi connectivity index (χ1) is 17.8. The third-order valence-corrected chi connectivity index (χ3v) is 6.22. The summed E-state index contributed by atoms with van der Waals surface area (Å²) in [7, 11) is 3.41. The van der Waals surface area contributed by atoms with Crippen molar-refractivity contribution >= 4 is 28.2 Å². The average molecular weight is 473 g/mol. The third-order valence-electron chi connectivity index (χ3n) is 6.22. The molecule has 0 saturated carbocycles. The highest BCUT2D eigenvalue weighted by Crippen LogP contribution is 2.40. The van der Waals surface area contributed by atoms with Gasteiger partial charge in [0.15, 0.2) is 0 Å². The maximum absolute atomic E-state index is 5.79. The minimum Gasteiger partial charge on any atom is -0.496 e. The number of nitrogens with zero attached hydrogens (tertiary/aromatic N) is 1. The van der Waals surface area contributed by atoms with Gasteiger partial charge in [-0.3, -0.25) is 4.98 Å². The molecule has 0 radical (unpaired) electrons. The molecule has 0 saturated heterocycles. The number of aromatic nitrogens is 1. The summed E-state index contributed by atoms with van der Waals surface area (Å²) >= 11 is 0. The number of methoxy groups -OCH3 is 2. The van der Waals surface area contributed by atoms with Gasteiger partial charge < -0.3 is 14.8 Å². The molecule has 4 nitrogen and oxygen atoms in total. The summed E-state index contributed by atoms with van der Waals surface area (Å²) in [5, 5.41) is 4.66. The highest BCUT2D eigenvalue weighted by atomic mass is 16.5. The first-order valence-electron chi connectivity index (χ1n) is 11.9. The normalized spacial score (nSPS) is 11.3. The summed E-state index contributed by atoms with van der Waals surface area (Å²) in [5.74, 6) is 1.64. The number of rotatable bonds is 8. The van der Waals surface area contributed by atoms with Crippen LogP contribution in [0.4, 0.5) is 5.69 Å². The first kappa shape index (κ1) is 23.2. The molecule has 0 unspecified atom stereocenters. The van der Waals surface area contributed by atoms with Crippen LogP contribution < -0.4 is 14.8 Å². The van der Waals surface area contributed by atoms with E-state index in [1.54, 1.807) is 14.2 Å². The summed E-state index contributed by atoms with van der Waals surface area (Å²) in [6, 6.07) is 34.7. The van der Waals surface area contributed by atoms with Crippen molar-refractivity contribution in [3.63, 3.8) is 0 Å². The zero-order chi connectivity index (χ0) is 24.7. The second kappa shape index (κ2) is 10.8. The Labute approximate surface area is 211 Å². The summed E-state index contributed by atoms with van der Waals surface area (Å²) in [6.45, 7) is 0.601. The number of benzene rings is 4. The van der Waals surface area contributed by atoms with Crippen molar-refractivity contribution in [1.29, 1.82) is 0 Å². The Balaban J connectivity index is 1.74. The zero-order valence-corrected chi connectivity index (χ0v) is 20.4. The molecule has 4 heteroatoms. The molecule has 0 atom stereocenters. The molecular formula is C32H28N2O2. The number of para-hydroxylation sites is 4. The average Bonchev–Trinajstić information content (AvgIpc) is 2.95. The van der Waals surface area contributed by atoms with E-state index in [1.165, 1.54) is 0 Å². The Hall–Kier alpha value is -4.57. The fourth-order valence-corrected chi connectivity index (χ4v) is 4.48. The van der Waals surface area contributed by atoms with E-state index in [9.17, 15) is 0 Å². The van der Waals surface area contributed by atoms with Crippen molar-refractivity contribution in [3.05, 3.63) is 120 Å². The maximum Gasteiger partial charge on any atom is 0.126 e. The van der Waals surface area contributed by atoms with Crippen LogP contribution in [0.15, 0.2) is 109 Å². The van der Waals surface area contributed by atoms with E-state index < -0.39 is 0 Å². The predicted molar refractivity (Wildman–Crippen MR) is 150 cm³/mol. The van der Waals surface area contributed by atoms with Gasteiger partial charge in [0.1, 0.15) is 11.5 Å². The van der Waals surface area contributed by atoms with Gasteiger partial charge in [0.05, 0.1) is 19.7 Å². The Morgan fingerprint density at radius 1 is 0.750 bits per heavy atom. The zero-order valence-electron chi connectivity index (χ0n) is 20.4. The number of pyridine rings is 1. The van der Waals surface area contributed by atoms with Gasteiger partial charge in [0, 0.05) is 46.1 Å². The van der Waals surface area contributed by atoms with Crippen molar-refractivity contribution < 1.29 is 9.47 Å². The molecule has 4 aromatic carbocycles. The molecule has 0 bridgehead atoms. The largest absolute Gasteiger partial charge is 0.496 e. The van der Waals surface area contributed by atoms with Gasteiger partial charge in [-0.25, -0.2) is 0 Å². The summed E-state index contributed by atoms with van der Waals surface area (Å²) in [5.41, 5.74) is 7.23. The van der Waals surface area contributed by atoms with E-state index in [0.29, 0.717) is 6.54 Å². The van der Waals surface area contributed by atoms with Crippen LogP contribution in [-0.2, 0) is 0 Å². The standard InChI is InChI=1S/C32H28N2O2/c1-35-30-18-10-6-12-23(30)20-24(21-33-25-13-4-3-5-14-25)28-22-34-29-17-9-7-15-26(29)32(28)27-16-8-11-19-31(27)36-2/h3-20,22,33H,21H2,1-2H3/b24-20+. The quantitative estimate of drug-likeness (QED) is 0.253. The van der Waals surface area contributed by atoms with Crippen LogP contribution in [0.1, 0.15) is 11.1 Å². The number of ether oxygens (including phenoxy) is 2. The van der Waals surface area contributed by atoms with E-state index in [1.807, 2.05) is 72.9 Å². The van der Waals surface area contributed by atoms with Crippen molar-refractivity contribution in [1.82, 2.24) is 4.98 Å². The Morgan fingerprint density at radius 2 is 1.42 bits per heavy atom. The van der Waals surface area contributed by atoms with Crippen molar-refractivity contribution in [2.45, 2.75) is 0 Å². The molecule has 0 aliphatic rings. The summed E-state index contributed by atoms with van der Waals surface area (Å²) in [4.78, 5) is 4.84. The van der Waals surface area contributed by atoms with Gasteiger partial charge in [0.2, 0.25) is 0 Å². The van der Waals surface area contributed by atoms with Crippen LogP contribution in [-0.4, -0.2) is 25.7 Å². The van der Waals surface area contributed by atoms with Crippen LogP contribution in [0.2, 0.25) is 0 Å². The molecule has 0 aliphatic carbocycles. The van der Waals surface area contributed by atoms with Crippen molar-refractivity contribution in [3.8, 4) is 22.6 Å². The van der Waals surface area contributed by atoms with Crippen LogP contribution in [0.5, 0.6) is 11.5 Å². The van der Waals surface area contributed by atoms with Crippen LogP contribution >= 0.6 is 0 Å². The lowest BCUT2D eigenvalue weighted by molar-refractivity contribution is 0.414. The molecule has 0 amide bonds. The second-order valence-electron chi connectivity index (χ2n) is 8.40. The molecule has 5 rings (SSSR count). The van der Waals surface area contributed by atoms with Crippen LogP contribution in [0.25, 0.3) is 33.7 Å². The topological polar surface area (TPSA) is 43.4 Å². The van der Waals surface area contributed by atoms with Gasteiger partial charge in [-0.2, -0.15) is 0 Å². The van der Waals surface area contributed by atoms with Crippen molar-refractivity contribution in [2.75, 3.05) is 26.1 Å². The summed E-state index contributed by atoms with van der Waals surface area (Å²) < 4.78 is 11.5. The molecule has 5 aromatic rings. The molecule has 1 N–H and O–H groups in total. The smallest absolute Gasteiger partial charge is 0.126 e. The number of nitrogens with one attached hydrogen (secondary N) is 1. The summed E-state index contributed by atoms with van der Waals surface area (Å²) in [6.07, 6.45) is 4.15. The first-order valence-corrected chi connectivity index (χ1v) is 11.9. The monoisotopic (exact) mass is 472 g/mol. The molecule has 178 valence electrons. The van der Waals surface area contributed by atoms with E-state index in [0.717, 1.165) is 55.9 Å². The number of hydrogen-bond acceptors (Lipinski definition) is 4. The van der Waals surface area contributed by atoms with Gasteiger partial charge in [-0.1, -0.05) is 72.8 Å². The van der Waals surface area contributed by atoms with E-state index >= 15 is 0 Å². The van der Waals surface area contributed by atoms with E-state index in [2.05, 4.69) is 47.8 Å². The fourth-order valence-electron chi connectivity index (χ4n) is 4.48. The van der Waals surface area contributed by atoms with Gasteiger partial charge in [0.25, 0.3) is 0 Å². The number of fused-ring (bicyclic) bond motifs is 1. The highest BCUT2D eigenvalue weighted by Gasteiger charge is 2.18. The minimum atomic E-state index is 0.601. The molecule has 0 spiro atoms. The van der Waals surface area contributed by atoms with Crippen LogP contribution in [0.3, 0.4) is 0 Å². The van der Waals surface area contributed by atoms with Crippen molar-refractivity contribution in [2.24, 2.45) is 0 Å². The lowest BCUT2D eigenvalue weighted by Gasteiger charge is -2.19. The molecule has 36 heavy (non-hydrogen) atoms. The third kappa shape index (κ3) is 4.80. The Morgan fingerprint density at radius 3 is 2.22 bits per heavy atom. The molecule has 1 heterocycles. The Kier molecular flexibility index (Phi) is 6.95. The van der Waals surface area contributed by atoms with E-state index in [4.69, 9.17) is 14.5 Å². The maximum atomic E-state index is 5.79. The highest BCUT2D eigenvalue weighted by molar-refractivity contribution is 6.04. The molecule has 1 aromatic heterocycles. The molecular weight excluding hydrogens is 444 g/mol. The Bertz CT molecular complexity index is 1510. The van der Waals surface area contributed by atoms with Gasteiger partial charge in [-0.15, -0.1) is 0 Å². The molecule has 0 aliphatic heterocycles. The van der Waals surface area contributed by atoms with Gasteiger partial charge in [-0.05, 0) is 42.0 Å². The molecule has 0 fully saturated rings. The second-order valence-corrected chi connectivity index (χ2v) is 8.40.